The Morgan fingerprint density at radius 3 is 2.77 bits per heavy atom. The molecule has 0 radical (unpaired) electrons. The highest BCUT2D eigenvalue weighted by atomic mass is 16.5. The van der Waals surface area contributed by atoms with Crippen LogP contribution in [-0.4, -0.2) is 68.2 Å². The fraction of sp³-hybridized carbons (Fsp3) is 0.591. The molecule has 1 aliphatic heterocycles. The van der Waals surface area contributed by atoms with E-state index in [-0.39, 0.29) is 18.2 Å². The highest BCUT2D eigenvalue weighted by Crippen LogP contribution is 2.19. The van der Waals surface area contributed by atoms with Crippen molar-refractivity contribution in [1.82, 2.24) is 10.2 Å². The molecule has 0 bridgehead atoms. The molecule has 1 atom stereocenters. The van der Waals surface area contributed by atoms with Crippen molar-refractivity contribution >= 4 is 17.8 Å². The van der Waals surface area contributed by atoms with Crippen LogP contribution in [0.4, 0.5) is 0 Å². The fourth-order valence-corrected chi connectivity index (χ4v) is 3.03. The molecule has 1 unspecified atom stereocenters. The summed E-state index contributed by atoms with van der Waals surface area (Å²) in [6, 6.07) is 5.90. The number of nitrogens with zero attached hydrogens (tertiary/aromatic N) is 1. The predicted molar refractivity (Wildman–Crippen MR) is 111 cm³/mol. The third-order valence-electron chi connectivity index (χ3n) is 4.69. The van der Waals surface area contributed by atoms with Gasteiger partial charge in [-0.25, -0.2) is 0 Å². The quantitative estimate of drug-likeness (QED) is 0.435. The summed E-state index contributed by atoms with van der Waals surface area (Å²) in [7, 11) is 0. The molecule has 1 aromatic carbocycles. The smallest absolute Gasteiger partial charge is 0.308 e. The Hall–Kier alpha value is -2.61. The SMILES string of the molecule is CCOCCOc1cccc(C(=O)N2CCNC(=O)C2CC(=O)OCCC(C)C)c1. The van der Waals surface area contributed by atoms with Gasteiger partial charge in [0.25, 0.3) is 5.91 Å². The molecule has 0 saturated carbocycles. The van der Waals surface area contributed by atoms with Gasteiger partial charge in [0.15, 0.2) is 0 Å². The number of piperazine rings is 1. The zero-order valence-corrected chi connectivity index (χ0v) is 18.0. The molecule has 8 heteroatoms. The van der Waals surface area contributed by atoms with Gasteiger partial charge in [-0.3, -0.25) is 14.4 Å². The monoisotopic (exact) mass is 420 g/mol. The van der Waals surface area contributed by atoms with E-state index < -0.39 is 12.0 Å². The van der Waals surface area contributed by atoms with Crippen LogP contribution in [0.15, 0.2) is 24.3 Å². The molecule has 2 amide bonds. The highest BCUT2D eigenvalue weighted by molar-refractivity contribution is 5.99. The van der Waals surface area contributed by atoms with Gasteiger partial charge in [-0.2, -0.15) is 0 Å². The van der Waals surface area contributed by atoms with Gasteiger partial charge < -0.3 is 24.4 Å². The molecule has 166 valence electrons. The second kappa shape index (κ2) is 12.2. The predicted octanol–water partition coefficient (Wildman–Crippen LogP) is 2.02. The molecule has 1 fully saturated rings. The standard InChI is InChI=1S/C22H32N2O6/c1-4-28-12-13-29-18-7-5-6-17(14-18)22(27)24-10-9-23-21(26)19(24)15-20(25)30-11-8-16(2)3/h5-7,14,16,19H,4,8-13,15H2,1-3H3,(H,23,26). The molecule has 1 aliphatic rings. The summed E-state index contributed by atoms with van der Waals surface area (Å²) in [5, 5.41) is 2.72. The lowest BCUT2D eigenvalue weighted by Crippen LogP contribution is -2.57. The minimum Gasteiger partial charge on any atom is -0.491 e. The van der Waals surface area contributed by atoms with Gasteiger partial charge >= 0.3 is 5.97 Å². The van der Waals surface area contributed by atoms with Crippen LogP contribution in [0.2, 0.25) is 0 Å². The van der Waals surface area contributed by atoms with E-state index in [1.807, 2.05) is 20.8 Å². The molecule has 1 aromatic rings. The van der Waals surface area contributed by atoms with Gasteiger partial charge in [0.1, 0.15) is 18.4 Å². The second-order valence-electron chi connectivity index (χ2n) is 7.49. The van der Waals surface area contributed by atoms with Crippen molar-refractivity contribution in [1.29, 1.82) is 0 Å². The number of amides is 2. The average molecular weight is 421 g/mol. The van der Waals surface area contributed by atoms with Gasteiger partial charge in [0, 0.05) is 25.3 Å². The maximum absolute atomic E-state index is 13.1. The van der Waals surface area contributed by atoms with E-state index in [1.54, 1.807) is 24.3 Å². The van der Waals surface area contributed by atoms with E-state index >= 15 is 0 Å². The molecule has 1 saturated heterocycles. The summed E-state index contributed by atoms with van der Waals surface area (Å²) in [6.07, 6.45) is 0.585. The highest BCUT2D eigenvalue weighted by Gasteiger charge is 2.35. The van der Waals surface area contributed by atoms with Crippen molar-refractivity contribution in [2.45, 2.75) is 39.7 Å². The number of esters is 1. The summed E-state index contributed by atoms with van der Waals surface area (Å²) in [5.41, 5.74) is 0.400. The fourth-order valence-electron chi connectivity index (χ4n) is 3.03. The number of rotatable bonds is 11. The summed E-state index contributed by atoms with van der Waals surface area (Å²) in [6.45, 7) is 8.40. The molecule has 8 nitrogen and oxygen atoms in total. The van der Waals surface area contributed by atoms with Gasteiger partial charge in [0.05, 0.1) is 19.6 Å². The molecular formula is C22H32N2O6. The average Bonchev–Trinajstić information content (AvgIpc) is 2.72. The first-order chi connectivity index (χ1) is 14.4. The zero-order chi connectivity index (χ0) is 21.9. The minimum absolute atomic E-state index is 0.166. The van der Waals surface area contributed by atoms with Crippen molar-refractivity contribution in [3.05, 3.63) is 29.8 Å². The topological polar surface area (TPSA) is 94.2 Å². The molecule has 1 N–H and O–H groups in total. The van der Waals surface area contributed by atoms with Crippen molar-refractivity contribution in [2.75, 3.05) is 39.5 Å². The van der Waals surface area contributed by atoms with Gasteiger partial charge in [0.2, 0.25) is 5.91 Å². The Labute approximate surface area is 177 Å². The van der Waals surface area contributed by atoms with Gasteiger partial charge in [-0.1, -0.05) is 19.9 Å². The normalized spacial score (nSPS) is 16.3. The van der Waals surface area contributed by atoms with E-state index in [2.05, 4.69) is 5.32 Å². The lowest BCUT2D eigenvalue weighted by Gasteiger charge is -2.34. The number of hydrogen-bond acceptors (Lipinski definition) is 6. The number of hydrogen-bond donors (Lipinski definition) is 1. The lowest BCUT2D eigenvalue weighted by molar-refractivity contribution is -0.148. The van der Waals surface area contributed by atoms with Crippen LogP contribution in [0.5, 0.6) is 5.75 Å². The van der Waals surface area contributed by atoms with E-state index in [4.69, 9.17) is 14.2 Å². The minimum atomic E-state index is -0.889. The van der Waals surface area contributed by atoms with Crippen molar-refractivity contribution in [3.8, 4) is 5.75 Å². The summed E-state index contributed by atoms with van der Waals surface area (Å²) >= 11 is 0. The third kappa shape index (κ3) is 7.33. The van der Waals surface area contributed by atoms with Crippen LogP contribution in [0.25, 0.3) is 0 Å². The van der Waals surface area contributed by atoms with E-state index in [1.165, 1.54) is 4.90 Å². The number of carbonyl (C=O) groups excluding carboxylic acids is 3. The van der Waals surface area contributed by atoms with E-state index in [9.17, 15) is 14.4 Å². The van der Waals surface area contributed by atoms with Crippen LogP contribution >= 0.6 is 0 Å². The first kappa shape index (κ1) is 23.7. The molecular weight excluding hydrogens is 388 g/mol. The van der Waals surface area contributed by atoms with Gasteiger partial charge in [-0.15, -0.1) is 0 Å². The Morgan fingerprint density at radius 2 is 2.03 bits per heavy atom. The van der Waals surface area contributed by atoms with Crippen molar-refractivity contribution < 1.29 is 28.6 Å². The Morgan fingerprint density at radius 1 is 1.23 bits per heavy atom. The second-order valence-corrected chi connectivity index (χ2v) is 7.49. The Kier molecular flexibility index (Phi) is 9.60. The number of ether oxygens (including phenoxy) is 3. The van der Waals surface area contributed by atoms with Crippen LogP contribution in [0.3, 0.4) is 0 Å². The summed E-state index contributed by atoms with van der Waals surface area (Å²) < 4.78 is 16.1. The molecule has 0 aromatic heterocycles. The Bertz CT molecular complexity index is 721. The first-order valence-corrected chi connectivity index (χ1v) is 10.5. The summed E-state index contributed by atoms with van der Waals surface area (Å²) in [5.74, 6) is -0.188. The van der Waals surface area contributed by atoms with E-state index in [0.717, 1.165) is 6.42 Å². The van der Waals surface area contributed by atoms with Crippen LogP contribution in [-0.2, 0) is 19.1 Å². The molecule has 30 heavy (non-hydrogen) atoms. The van der Waals surface area contributed by atoms with Crippen LogP contribution in [0, 0.1) is 5.92 Å². The molecule has 1 heterocycles. The van der Waals surface area contributed by atoms with Crippen molar-refractivity contribution in [3.63, 3.8) is 0 Å². The van der Waals surface area contributed by atoms with Crippen LogP contribution in [0.1, 0.15) is 44.0 Å². The number of benzene rings is 1. The lowest BCUT2D eigenvalue weighted by atomic mass is 10.1. The molecule has 0 spiro atoms. The number of nitrogens with one attached hydrogen (secondary N) is 1. The molecule has 0 aliphatic carbocycles. The van der Waals surface area contributed by atoms with Crippen molar-refractivity contribution in [2.24, 2.45) is 5.92 Å². The first-order valence-electron chi connectivity index (χ1n) is 10.5. The zero-order valence-electron chi connectivity index (χ0n) is 18.0. The third-order valence-corrected chi connectivity index (χ3v) is 4.69. The molecule has 2 rings (SSSR count). The van der Waals surface area contributed by atoms with Crippen LogP contribution < -0.4 is 10.1 Å². The maximum Gasteiger partial charge on any atom is 0.308 e. The Balaban J connectivity index is 2.02. The number of carbonyl (C=O) groups is 3. The van der Waals surface area contributed by atoms with Gasteiger partial charge in [-0.05, 0) is 37.5 Å². The van der Waals surface area contributed by atoms with E-state index in [0.29, 0.717) is 56.7 Å². The summed E-state index contributed by atoms with van der Waals surface area (Å²) in [4.78, 5) is 39.1. The maximum atomic E-state index is 13.1. The largest absolute Gasteiger partial charge is 0.491 e.